The first-order chi connectivity index (χ1) is 12.2. The second-order valence-electron chi connectivity index (χ2n) is 7.20. The number of carbonyl (C=O) groups is 1. The summed E-state index contributed by atoms with van der Waals surface area (Å²) in [7, 11) is 1.85. The molecule has 0 aliphatic carbocycles. The van der Waals surface area contributed by atoms with Crippen molar-refractivity contribution in [3.8, 4) is 0 Å². The van der Waals surface area contributed by atoms with E-state index in [1.165, 1.54) is 18.4 Å². The molecule has 0 saturated carbocycles. The van der Waals surface area contributed by atoms with E-state index in [1.807, 2.05) is 25.2 Å². The zero-order valence-corrected chi connectivity index (χ0v) is 15.9. The van der Waals surface area contributed by atoms with Crippen LogP contribution in [-0.2, 0) is 24.2 Å². The molecule has 26 heavy (non-hydrogen) atoms. The minimum Gasteiger partial charge on any atom is -0.336 e. The molecule has 140 valence electrons. The van der Waals surface area contributed by atoms with Gasteiger partial charge in [0.25, 0.3) is 0 Å². The first-order valence-corrected chi connectivity index (χ1v) is 9.14. The number of halogens is 1. The van der Waals surface area contributed by atoms with Gasteiger partial charge in [-0.1, -0.05) is 30.3 Å². The van der Waals surface area contributed by atoms with Gasteiger partial charge in [0.2, 0.25) is 5.91 Å². The second-order valence-corrected chi connectivity index (χ2v) is 7.20. The van der Waals surface area contributed by atoms with Crippen LogP contribution >= 0.6 is 12.4 Å². The lowest BCUT2D eigenvalue weighted by molar-refractivity contribution is -0.136. The number of piperidine rings is 1. The molecule has 1 N–H and O–H groups in total. The number of aromatic nitrogens is 3. The largest absolute Gasteiger partial charge is 0.336 e. The summed E-state index contributed by atoms with van der Waals surface area (Å²) in [4.78, 5) is 14.6. The van der Waals surface area contributed by atoms with E-state index in [-0.39, 0.29) is 24.4 Å². The molecule has 0 unspecified atom stereocenters. The summed E-state index contributed by atoms with van der Waals surface area (Å²) in [5, 5.41) is 12.3. The number of fused-ring (bicyclic) bond motifs is 1. The third kappa shape index (κ3) is 3.76. The van der Waals surface area contributed by atoms with Crippen molar-refractivity contribution >= 4 is 18.3 Å². The molecule has 1 aromatic heterocycles. The van der Waals surface area contributed by atoms with Crippen molar-refractivity contribution in [2.75, 3.05) is 20.1 Å². The fraction of sp³-hybridized carbons (Fsp3) is 0.526. The third-order valence-electron chi connectivity index (χ3n) is 5.39. The van der Waals surface area contributed by atoms with Gasteiger partial charge in [0.05, 0.1) is 6.54 Å². The molecule has 1 fully saturated rings. The van der Waals surface area contributed by atoms with Crippen molar-refractivity contribution in [3.05, 3.63) is 47.5 Å². The van der Waals surface area contributed by atoms with Gasteiger partial charge in [-0.15, -0.1) is 22.6 Å². The molecule has 0 radical (unpaired) electrons. The maximum atomic E-state index is 12.9. The number of hydrogen-bond acceptors (Lipinski definition) is 4. The molecule has 2 aromatic rings. The third-order valence-corrected chi connectivity index (χ3v) is 5.39. The average molecular weight is 376 g/mol. The van der Waals surface area contributed by atoms with Crippen LogP contribution in [0.2, 0.25) is 0 Å². The standard InChI is InChI=1S/C19H25N5O.ClH/c1-23-13-18-22-21-17(12-15-7-9-20-10-8-15)24(18)16(19(23)25)11-14-5-3-2-4-6-14;/h2-6,15-16,20H,7-13H2,1H3;1H/t16-;/m1./s1. The van der Waals surface area contributed by atoms with Crippen LogP contribution in [0.15, 0.2) is 30.3 Å². The minimum absolute atomic E-state index is 0. The van der Waals surface area contributed by atoms with E-state index < -0.39 is 0 Å². The normalized spacial score (nSPS) is 20.6. The summed E-state index contributed by atoms with van der Waals surface area (Å²) in [6.07, 6.45) is 3.93. The van der Waals surface area contributed by atoms with Gasteiger partial charge in [0, 0.05) is 19.9 Å². The first-order valence-electron chi connectivity index (χ1n) is 9.14. The fourth-order valence-electron chi connectivity index (χ4n) is 3.98. The van der Waals surface area contributed by atoms with Crippen molar-refractivity contribution in [1.29, 1.82) is 0 Å². The smallest absolute Gasteiger partial charge is 0.246 e. The van der Waals surface area contributed by atoms with Crippen LogP contribution in [0.4, 0.5) is 0 Å². The molecule has 1 atom stereocenters. The van der Waals surface area contributed by atoms with Crippen molar-refractivity contribution in [1.82, 2.24) is 25.0 Å². The van der Waals surface area contributed by atoms with E-state index >= 15 is 0 Å². The van der Waals surface area contributed by atoms with Crippen LogP contribution in [0.25, 0.3) is 0 Å². The zero-order chi connectivity index (χ0) is 17.2. The van der Waals surface area contributed by atoms with Gasteiger partial charge >= 0.3 is 0 Å². The maximum Gasteiger partial charge on any atom is 0.246 e. The minimum atomic E-state index is -0.233. The highest BCUT2D eigenvalue weighted by Gasteiger charge is 2.34. The molecule has 1 amide bonds. The summed E-state index contributed by atoms with van der Waals surface area (Å²) < 4.78 is 2.12. The molecule has 6 nitrogen and oxygen atoms in total. The monoisotopic (exact) mass is 375 g/mol. The highest BCUT2D eigenvalue weighted by molar-refractivity contribution is 5.85. The Bertz CT molecular complexity index is 742. The molecular weight excluding hydrogens is 350 g/mol. The summed E-state index contributed by atoms with van der Waals surface area (Å²) >= 11 is 0. The van der Waals surface area contributed by atoms with Crippen LogP contribution in [0, 0.1) is 5.92 Å². The quantitative estimate of drug-likeness (QED) is 0.887. The van der Waals surface area contributed by atoms with Crippen LogP contribution < -0.4 is 5.32 Å². The summed E-state index contributed by atoms with van der Waals surface area (Å²) in [6, 6.07) is 9.98. The molecule has 2 aliphatic rings. The van der Waals surface area contributed by atoms with Gasteiger partial charge in [-0.2, -0.15) is 0 Å². The van der Waals surface area contributed by atoms with Crippen LogP contribution in [0.3, 0.4) is 0 Å². The lowest BCUT2D eigenvalue weighted by Gasteiger charge is -2.32. The molecule has 2 aliphatic heterocycles. The predicted octanol–water partition coefficient (Wildman–Crippen LogP) is 2.00. The molecule has 1 aromatic carbocycles. The molecule has 0 spiro atoms. The number of carbonyl (C=O) groups excluding carboxylic acids is 1. The Kier molecular flexibility index (Phi) is 5.94. The Morgan fingerprint density at radius 3 is 2.58 bits per heavy atom. The Morgan fingerprint density at radius 1 is 1.12 bits per heavy atom. The number of likely N-dealkylation sites (N-methyl/N-ethyl adjacent to an activating group) is 1. The molecular formula is C19H26ClN5O. The highest BCUT2D eigenvalue weighted by atomic mass is 35.5. The predicted molar refractivity (Wildman–Crippen MR) is 102 cm³/mol. The molecule has 3 heterocycles. The van der Waals surface area contributed by atoms with E-state index in [0.29, 0.717) is 18.9 Å². The van der Waals surface area contributed by atoms with E-state index in [9.17, 15) is 4.79 Å². The summed E-state index contributed by atoms with van der Waals surface area (Å²) in [5.41, 5.74) is 1.17. The fourth-order valence-corrected chi connectivity index (χ4v) is 3.98. The molecule has 1 saturated heterocycles. The van der Waals surface area contributed by atoms with Crippen LogP contribution in [0.1, 0.15) is 36.1 Å². The van der Waals surface area contributed by atoms with Crippen molar-refractivity contribution < 1.29 is 4.79 Å². The van der Waals surface area contributed by atoms with E-state index in [1.54, 1.807) is 4.90 Å². The zero-order valence-electron chi connectivity index (χ0n) is 15.1. The topological polar surface area (TPSA) is 63.1 Å². The van der Waals surface area contributed by atoms with Crippen molar-refractivity contribution in [2.24, 2.45) is 5.92 Å². The van der Waals surface area contributed by atoms with Crippen LogP contribution in [-0.4, -0.2) is 45.7 Å². The Morgan fingerprint density at radius 2 is 1.85 bits per heavy atom. The van der Waals surface area contributed by atoms with Gasteiger partial charge in [-0.3, -0.25) is 4.79 Å². The molecule has 7 heteroatoms. The first kappa shape index (κ1) is 18.9. The average Bonchev–Trinajstić information content (AvgIpc) is 3.03. The van der Waals surface area contributed by atoms with E-state index in [4.69, 9.17) is 0 Å². The molecule has 4 rings (SSSR count). The molecule has 0 bridgehead atoms. The maximum absolute atomic E-state index is 12.9. The number of nitrogens with one attached hydrogen (secondary N) is 1. The van der Waals surface area contributed by atoms with Gasteiger partial charge in [0.1, 0.15) is 11.9 Å². The Hall–Kier alpha value is -1.92. The Balaban J connectivity index is 0.00000196. The van der Waals surface area contributed by atoms with E-state index in [2.05, 4.69) is 32.2 Å². The van der Waals surface area contributed by atoms with Gasteiger partial charge in [0.15, 0.2) is 5.82 Å². The number of benzene rings is 1. The SMILES string of the molecule is CN1Cc2nnc(CC3CCNCC3)n2[C@H](Cc2ccccc2)C1=O.Cl. The highest BCUT2D eigenvalue weighted by Crippen LogP contribution is 2.28. The number of rotatable bonds is 4. The van der Waals surface area contributed by atoms with Crippen molar-refractivity contribution in [3.63, 3.8) is 0 Å². The number of amides is 1. The van der Waals surface area contributed by atoms with E-state index in [0.717, 1.165) is 31.2 Å². The van der Waals surface area contributed by atoms with Gasteiger partial charge < -0.3 is 14.8 Å². The van der Waals surface area contributed by atoms with Gasteiger partial charge in [-0.05, 0) is 37.4 Å². The number of hydrogen-bond donors (Lipinski definition) is 1. The summed E-state index contributed by atoms with van der Waals surface area (Å²) in [6.45, 7) is 2.69. The number of nitrogens with zero attached hydrogens (tertiary/aromatic N) is 4. The Labute approximate surface area is 160 Å². The second kappa shape index (κ2) is 8.18. The summed E-state index contributed by atoms with van der Waals surface area (Å²) in [5.74, 6) is 2.67. The van der Waals surface area contributed by atoms with Gasteiger partial charge in [-0.25, -0.2) is 0 Å². The lowest BCUT2D eigenvalue weighted by atomic mass is 9.94. The lowest BCUT2D eigenvalue weighted by Crippen LogP contribution is -2.42. The van der Waals surface area contributed by atoms with Crippen LogP contribution in [0.5, 0.6) is 0 Å². The van der Waals surface area contributed by atoms with Crippen molar-refractivity contribution in [2.45, 2.75) is 38.3 Å².